The molecule has 0 aromatic heterocycles. The monoisotopic (exact) mass is 308 g/mol. The van der Waals surface area contributed by atoms with E-state index in [2.05, 4.69) is 14.8 Å². The number of benzene rings is 1. The van der Waals surface area contributed by atoms with E-state index in [0.29, 0.717) is 12.1 Å². The maximum atomic E-state index is 11.9. The van der Waals surface area contributed by atoms with Crippen molar-refractivity contribution in [3.8, 4) is 0 Å². The highest BCUT2D eigenvalue weighted by Crippen LogP contribution is 2.12. The maximum absolute atomic E-state index is 11.9. The van der Waals surface area contributed by atoms with Crippen LogP contribution in [-0.2, 0) is 30.3 Å². The highest BCUT2D eigenvalue weighted by atomic mass is 16.5. The van der Waals surface area contributed by atoms with Gasteiger partial charge < -0.3 is 20.5 Å². The van der Waals surface area contributed by atoms with Crippen LogP contribution in [0, 0.1) is 0 Å². The Labute approximate surface area is 128 Å². The summed E-state index contributed by atoms with van der Waals surface area (Å²) in [5.74, 6) is -1.68. The number of anilines is 1. The lowest BCUT2D eigenvalue weighted by molar-refractivity contribution is -0.150. The molecule has 0 aliphatic carbocycles. The van der Waals surface area contributed by atoms with Crippen LogP contribution < -0.4 is 11.1 Å². The van der Waals surface area contributed by atoms with Gasteiger partial charge >= 0.3 is 11.9 Å². The van der Waals surface area contributed by atoms with Gasteiger partial charge in [0.15, 0.2) is 0 Å². The zero-order chi connectivity index (χ0) is 16.5. The fourth-order valence-corrected chi connectivity index (χ4v) is 1.86. The Bertz CT molecular complexity index is 544. The van der Waals surface area contributed by atoms with E-state index in [1.165, 1.54) is 14.2 Å². The number of esters is 2. The van der Waals surface area contributed by atoms with E-state index >= 15 is 0 Å². The van der Waals surface area contributed by atoms with Gasteiger partial charge in [0.2, 0.25) is 5.91 Å². The molecule has 1 unspecified atom stereocenters. The Balaban J connectivity index is 2.57. The predicted molar refractivity (Wildman–Crippen MR) is 79.8 cm³/mol. The summed E-state index contributed by atoms with van der Waals surface area (Å²) in [5, 5.41) is 2.47. The topological polar surface area (TPSA) is 108 Å². The van der Waals surface area contributed by atoms with E-state index in [9.17, 15) is 14.4 Å². The lowest BCUT2D eigenvalue weighted by Gasteiger charge is -2.15. The average Bonchev–Trinajstić information content (AvgIpc) is 2.52. The number of hydrogen-bond donors (Lipinski definition) is 2. The molecule has 1 rings (SSSR count). The Hall–Kier alpha value is -2.57. The van der Waals surface area contributed by atoms with Gasteiger partial charge in [0.1, 0.15) is 6.04 Å². The maximum Gasteiger partial charge on any atom is 0.328 e. The van der Waals surface area contributed by atoms with Crippen molar-refractivity contribution in [2.24, 2.45) is 0 Å². The van der Waals surface area contributed by atoms with Crippen molar-refractivity contribution in [2.45, 2.75) is 25.3 Å². The number of nitrogens with two attached hydrogens (primary N) is 1. The van der Waals surface area contributed by atoms with Crippen molar-refractivity contribution >= 4 is 23.5 Å². The Kier molecular flexibility index (Phi) is 6.88. The molecule has 1 aromatic carbocycles. The molecule has 0 radical (unpaired) electrons. The first-order chi connectivity index (χ1) is 10.5. The number of methoxy groups -OCH3 is 2. The first-order valence-corrected chi connectivity index (χ1v) is 6.75. The number of nitrogens with one attached hydrogen (secondary N) is 1. The molecule has 0 spiro atoms. The van der Waals surface area contributed by atoms with Crippen molar-refractivity contribution in [1.29, 1.82) is 0 Å². The van der Waals surface area contributed by atoms with Crippen LogP contribution in [0.25, 0.3) is 0 Å². The van der Waals surface area contributed by atoms with E-state index in [-0.39, 0.29) is 18.7 Å². The molecular formula is C15H20N2O5. The summed E-state index contributed by atoms with van der Waals surface area (Å²) in [5.41, 5.74) is 7.25. The zero-order valence-corrected chi connectivity index (χ0v) is 12.6. The zero-order valence-electron chi connectivity index (χ0n) is 12.6. The Morgan fingerprint density at radius 1 is 1.18 bits per heavy atom. The first kappa shape index (κ1) is 17.5. The lowest BCUT2D eigenvalue weighted by Crippen LogP contribution is -2.43. The minimum absolute atomic E-state index is 0.142. The number of aryl methyl sites for hydroxylation is 1. The predicted octanol–water partition coefficient (Wildman–Crippen LogP) is 0.422. The second-order valence-corrected chi connectivity index (χ2v) is 4.62. The van der Waals surface area contributed by atoms with Gasteiger partial charge in [-0.1, -0.05) is 18.2 Å². The fraction of sp³-hybridized carbons (Fsp3) is 0.400. The molecule has 0 bridgehead atoms. The number of nitrogen functional groups attached to an aromatic ring is 1. The summed E-state index contributed by atoms with van der Waals surface area (Å²) in [7, 11) is 2.39. The van der Waals surface area contributed by atoms with E-state index in [1.54, 1.807) is 6.07 Å². The highest BCUT2D eigenvalue weighted by Gasteiger charge is 2.24. The standard InChI is InChI=1S/C15H20N2O5/c1-21-14(19)9-12(15(20)22-2)17-13(18)8-7-10-5-3-4-6-11(10)16/h3-6,12H,7-9,16H2,1-2H3,(H,17,18). The molecule has 0 saturated carbocycles. The van der Waals surface area contributed by atoms with Gasteiger partial charge in [-0.2, -0.15) is 0 Å². The van der Waals surface area contributed by atoms with Crippen LogP contribution in [0.15, 0.2) is 24.3 Å². The van der Waals surface area contributed by atoms with E-state index < -0.39 is 18.0 Å². The van der Waals surface area contributed by atoms with E-state index in [4.69, 9.17) is 5.73 Å². The molecule has 1 aromatic rings. The van der Waals surface area contributed by atoms with Crippen LogP contribution >= 0.6 is 0 Å². The van der Waals surface area contributed by atoms with Crippen LogP contribution in [-0.4, -0.2) is 38.1 Å². The van der Waals surface area contributed by atoms with Crippen molar-refractivity contribution in [3.05, 3.63) is 29.8 Å². The molecular weight excluding hydrogens is 288 g/mol. The molecule has 0 fully saturated rings. The van der Waals surface area contributed by atoms with Crippen LogP contribution in [0.4, 0.5) is 5.69 Å². The first-order valence-electron chi connectivity index (χ1n) is 6.75. The normalized spacial score (nSPS) is 11.4. The molecule has 1 atom stereocenters. The lowest BCUT2D eigenvalue weighted by atomic mass is 10.1. The second-order valence-electron chi connectivity index (χ2n) is 4.62. The quantitative estimate of drug-likeness (QED) is 0.558. The van der Waals surface area contributed by atoms with Gasteiger partial charge in [-0.05, 0) is 18.1 Å². The Morgan fingerprint density at radius 3 is 2.45 bits per heavy atom. The van der Waals surface area contributed by atoms with Gasteiger partial charge in [-0.25, -0.2) is 4.79 Å². The highest BCUT2D eigenvalue weighted by molar-refractivity contribution is 5.88. The SMILES string of the molecule is COC(=O)CC(NC(=O)CCc1ccccc1N)C(=O)OC. The minimum Gasteiger partial charge on any atom is -0.469 e. The smallest absolute Gasteiger partial charge is 0.328 e. The molecule has 120 valence electrons. The molecule has 7 nitrogen and oxygen atoms in total. The van der Waals surface area contributed by atoms with Crippen molar-refractivity contribution in [3.63, 3.8) is 0 Å². The third-order valence-corrected chi connectivity index (χ3v) is 3.10. The largest absolute Gasteiger partial charge is 0.469 e. The third kappa shape index (κ3) is 5.43. The average molecular weight is 308 g/mol. The number of amides is 1. The molecule has 0 heterocycles. The summed E-state index contributed by atoms with van der Waals surface area (Å²) in [6, 6.07) is 6.16. The molecule has 7 heteroatoms. The minimum atomic E-state index is -1.06. The van der Waals surface area contributed by atoms with Crippen molar-refractivity contribution in [2.75, 3.05) is 20.0 Å². The van der Waals surface area contributed by atoms with Gasteiger partial charge in [0, 0.05) is 12.1 Å². The van der Waals surface area contributed by atoms with Crippen LogP contribution in [0.2, 0.25) is 0 Å². The summed E-state index contributed by atoms with van der Waals surface area (Å²) < 4.78 is 9.05. The summed E-state index contributed by atoms with van der Waals surface area (Å²) in [4.78, 5) is 34.7. The van der Waals surface area contributed by atoms with Crippen LogP contribution in [0.1, 0.15) is 18.4 Å². The Morgan fingerprint density at radius 2 is 1.86 bits per heavy atom. The fourth-order valence-electron chi connectivity index (χ4n) is 1.86. The van der Waals surface area contributed by atoms with Crippen LogP contribution in [0.3, 0.4) is 0 Å². The third-order valence-electron chi connectivity index (χ3n) is 3.10. The second kappa shape index (κ2) is 8.66. The number of carbonyl (C=O) groups excluding carboxylic acids is 3. The molecule has 0 aliphatic rings. The molecule has 0 saturated heterocycles. The number of para-hydroxylation sites is 1. The molecule has 22 heavy (non-hydrogen) atoms. The van der Waals surface area contributed by atoms with Gasteiger partial charge in [-0.15, -0.1) is 0 Å². The number of hydrogen-bond acceptors (Lipinski definition) is 6. The van der Waals surface area contributed by atoms with Gasteiger partial charge in [0.25, 0.3) is 0 Å². The van der Waals surface area contributed by atoms with Gasteiger partial charge in [-0.3, -0.25) is 9.59 Å². The summed E-state index contributed by atoms with van der Waals surface area (Å²) in [6.07, 6.45) is 0.301. The number of ether oxygens (including phenoxy) is 2. The number of carbonyl (C=O) groups is 3. The molecule has 3 N–H and O–H groups in total. The van der Waals surface area contributed by atoms with Crippen molar-refractivity contribution in [1.82, 2.24) is 5.32 Å². The van der Waals surface area contributed by atoms with E-state index in [1.807, 2.05) is 18.2 Å². The molecule has 1 amide bonds. The molecule has 0 aliphatic heterocycles. The summed E-state index contributed by atoms with van der Waals surface area (Å²) >= 11 is 0. The number of rotatable bonds is 7. The summed E-state index contributed by atoms with van der Waals surface area (Å²) in [6.45, 7) is 0. The van der Waals surface area contributed by atoms with E-state index in [0.717, 1.165) is 5.56 Å². The van der Waals surface area contributed by atoms with Crippen molar-refractivity contribution < 1.29 is 23.9 Å². The van der Waals surface area contributed by atoms with Crippen LogP contribution in [0.5, 0.6) is 0 Å². The van der Waals surface area contributed by atoms with Gasteiger partial charge in [0.05, 0.1) is 20.6 Å².